The van der Waals surface area contributed by atoms with E-state index in [2.05, 4.69) is 55.5 Å². The lowest BCUT2D eigenvalue weighted by atomic mass is 10.2. The first-order valence-electron chi connectivity index (χ1n) is 10.7. The fourth-order valence-electron chi connectivity index (χ4n) is 2.15. The lowest BCUT2D eigenvalue weighted by Gasteiger charge is -1.90. The Bertz CT molecular complexity index is 544. The lowest BCUT2D eigenvalue weighted by Crippen LogP contribution is -2.00. The minimum absolute atomic E-state index is 0.262. The first-order valence-corrected chi connectivity index (χ1v) is 10.7. The van der Waals surface area contributed by atoms with Crippen molar-refractivity contribution in [1.82, 2.24) is 0 Å². The Labute approximate surface area is 180 Å². The highest BCUT2D eigenvalue weighted by atomic mass is 16.4. The van der Waals surface area contributed by atoms with Gasteiger partial charge < -0.3 is 15.3 Å². The van der Waals surface area contributed by atoms with Crippen LogP contribution in [0, 0.1) is 0 Å². The minimum atomic E-state index is -1.08. The van der Waals surface area contributed by atoms with Gasteiger partial charge in [-0.1, -0.05) is 68.4 Å². The van der Waals surface area contributed by atoms with Crippen LogP contribution in [0.15, 0.2) is 48.6 Å². The maximum absolute atomic E-state index is 10.3. The molecule has 0 aromatic heterocycles. The van der Waals surface area contributed by atoms with Gasteiger partial charge in [-0.2, -0.15) is 0 Å². The highest BCUT2D eigenvalue weighted by Crippen LogP contribution is 2.01. The topological polar surface area (TPSA) is 112 Å². The largest absolute Gasteiger partial charge is 0.481 e. The molecule has 0 amide bonds. The standard InChI is InChI=1S/C20H32O2.C4H6O4/c1-2-3-4-5-6-7-8-9-10-11-12-13-14-15-16-17-18-19-20(21)22;5-3(6)1-2-4(7)8/h6-7,9-10,12-13,15-16H,2-5,8,11,14,17-19H2,1H3,(H,21,22);1-2H2,(H,5,6)(H,7,8)/b7-6-,10-9-,13-12-,16-15-;. The Hall–Kier alpha value is -2.63. The van der Waals surface area contributed by atoms with Crippen molar-refractivity contribution < 1.29 is 29.7 Å². The molecule has 0 aromatic carbocycles. The molecular formula is C24H38O6. The zero-order chi connectivity index (χ0) is 22.9. The second-order valence-electron chi connectivity index (χ2n) is 6.66. The second-order valence-corrected chi connectivity index (χ2v) is 6.66. The second kappa shape index (κ2) is 24.4. The summed E-state index contributed by atoms with van der Waals surface area (Å²) < 4.78 is 0. The number of hydrogen-bond donors (Lipinski definition) is 3. The van der Waals surface area contributed by atoms with Crippen molar-refractivity contribution in [2.45, 2.75) is 84.0 Å². The molecule has 30 heavy (non-hydrogen) atoms. The number of rotatable bonds is 17. The van der Waals surface area contributed by atoms with Gasteiger partial charge in [0.2, 0.25) is 0 Å². The van der Waals surface area contributed by atoms with E-state index in [-0.39, 0.29) is 19.3 Å². The van der Waals surface area contributed by atoms with Gasteiger partial charge in [-0.3, -0.25) is 14.4 Å². The molecule has 6 heteroatoms. The summed E-state index contributed by atoms with van der Waals surface area (Å²) in [4.78, 5) is 29.6. The Kier molecular flexibility index (Phi) is 24.1. The van der Waals surface area contributed by atoms with Crippen molar-refractivity contribution >= 4 is 17.9 Å². The third-order valence-corrected chi connectivity index (χ3v) is 3.77. The van der Waals surface area contributed by atoms with Crippen LogP contribution in [-0.4, -0.2) is 33.2 Å². The molecule has 0 bridgehead atoms. The predicted octanol–water partition coefficient (Wildman–Crippen LogP) is 6.15. The molecule has 0 rings (SSSR count). The van der Waals surface area contributed by atoms with E-state index in [9.17, 15) is 14.4 Å². The zero-order valence-electron chi connectivity index (χ0n) is 18.2. The molecule has 0 heterocycles. The Morgan fingerprint density at radius 1 is 0.533 bits per heavy atom. The highest BCUT2D eigenvalue weighted by Gasteiger charge is 2.00. The third kappa shape index (κ3) is 33.0. The van der Waals surface area contributed by atoms with Crippen LogP contribution >= 0.6 is 0 Å². The molecule has 0 radical (unpaired) electrons. The van der Waals surface area contributed by atoms with Crippen LogP contribution in [0.2, 0.25) is 0 Å². The Morgan fingerprint density at radius 3 is 1.27 bits per heavy atom. The van der Waals surface area contributed by atoms with Gasteiger partial charge in [0.25, 0.3) is 0 Å². The molecule has 0 atom stereocenters. The smallest absolute Gasteiger partial charge is 0.303 e. The number of carboxylic acids is 3. The molecule has 0 saturated heterocycles. The van der Waals surface area contributed by atoms with Crippen LogP contribution in [0.25, 0.3) is 0 Å². The van der Waals surface area contributed by atoms with Gasteiger partial charge in [-0.15, -0.1) is 0 Å². The molecule has 170 valence electrons. The maximum Gasteiger partial charge on any atom is 0.303 e. The summed E-state index contributed by atoms with van der Waals surface area (Å²) in [5.74, 6) is -2.87. The Morgan fingerprint density at radius 2 is 0.900 bits per heavy atom. The van der Waals surface area contributed by atoms with Gasteiger partial charge >= 0.3 is 17.9 Å². The SMILES string of the molecule is CCCCC/C=C\C/C=C\C/C=C\C/C=C\CCCC(=O)O.O=C(O)CCC(=O)O. The highest BCUT2D eigenvalue weighted by molar-refractivity contribution is 5.75. The van der Waals surface area contributed by atoms with Crippen LogP contribution in [0.3, 0.4) is 0 Å². The Balaban J connectivity index is 0. The fourth-order valence-corrected chi connectivity index (χ4v) is 2.15. The number of unbranched alkanes of at least 4 members (excludes halogenated alkanes) is 4. The van der Waals surface area contributed by atoms with Crippen LogP contribution in [0.1, 0.15) is 84.0 Å². The fraction of sp³-hybridized carbons (Fsp3) is 0.542. The van der Waals surface area contributed by atoms with Crippen molar-refractivity contribution in [3.05, 3.63) is 48.6 Å². The number of carboxylic acid groups (broad SMARTS) is 3. The molecule has 0 saturated carbocycles. The maximum atomic E-state index is 10.3. The van der Waals surface area contributed by atoms with Gasteiger partial charge in [-0.05, 0) is 44.9 Å². The van der Waals surface area contributed by atoms with Gasteiger partial charge in [0, 0.05) is 6.42 Å². The minimum Gasteiger partial charge on any atom is -0.481 e. The summed E-state index contributed by atoms with van der Waals surface area (Å²) in [5, 5.41) is 24.3. The summed E-state index contributed by atoms with van der Waals surface area (Å²) in [5.41, 5.74) is 0. The van der Waals surface area contributed by atoms with E-state index in [0.717, 1.165) is 32.1 Å². The summed E-state index contributed by atoms with van der Waals surface area (Å²) in [6.07, 6.45) is 26.7. The molecule has 0 aliphatic heterocycles. The summed E-state index contributed by atoms with van der Waals surface area (Å²) in [6, 6.07) is 0. The van der Waals surface area contributed by atoms with Crippen LogP contribution in [0.4, 0.5) is 0 Å². The quantitative estimate of drug-likeness (QED) is 0.191. The monoisotopic (exact) mass is 422 g/mol. The van der Waals surface area contributed by atoms with Gasteiger partial charge in [0.15, 0.2) is 0 Å². The van der Waals surface area contributed by atoms with E-state index in [1.165, 1.54) is 25.7 Å². The molecular weight excluding hydrogens is 384 g/mol. The lowest BCUT2D eigenvalue weighted by molar-refractivity contribution is -0.143. The van der Waals surface area contributed by atoms with Crippen molar-refractivity contribution in [1.29, 1.82) is 0 Å². The summed E-state index contributed by atoms with van der Waals surface area (Å²) in [6.45, 7) is 2.23. The zero-order valence-corrected chi connectivity index (χ0v) is 18.2. The molecule has 0 aromatic rings. The van der Waals surface area contributed by atoms with E-state index < -0.39 is 17.9 Å². The molecule has 6 nitrogen and oxygen atoms in total. The normalized spacial score (nSPS) is 11.4. The van der Waals surface area contributed by atoms with Crippen LogP contribution < -0.4 is 0 Å². The summed E-state index contributed by atoms with van der Waals surface area (Å²) >= 11 is 0. The molecule has 0 aliphatic rings. The van der Waals surface area contributed by atoms with Crippen LogP contribution in [-0.2, 0) is 14.4 Å². The molecule has 0 unspecified atom stereocenters. The number of carbonyl (C=O) groups is 3. The van der Waals surface area contributed by atoms with E-state index in [1.807, 2.05) is 0 Å². The molecule has 0 spiro atoms. The van der Waals surface area contributed by atoms with Crippen molar-refractivity contribution in [2.75, 3.05) is 0 Å². The van der Waals surface area contributed by atoms with Crippen molar-refractivity contribution in [3.63, 3.8) is 0 Å². The molecule has 0 fully saturated rings. The average Bonchev–Trinajstić information content (AvgIpc) is 2.69. The number of allylic oxidation sites excluding steroid dienone is 8. The van der Waals surface area contributed by atoms with Crippen molar-refractivity contribution in [3.8, 4) is 0 Å². The first-order chi connectivity index (χ1) is 14.4. The van der Waals surface area contributed by atoms with E-state index in [1.54, 1.807) is 0 Å². The molecule has 3 N–H and O–H groups in total. The van der Waals surface area contributed by atoms with Crippen LogP contribution in [0.5, 0.6) is 0 Å². The summed E-state index contributed by atoms with van der Waals surface area (Å²) in [7, 11) is 0. The van der Waals surface area contributed by atoms with Gasteiger partial charge in [-0.25, -0.2) is 0 Å². The first kappa shape index (κ1) is 29.6. The van der Waals surface area contributed by atoms with E-state index in [0.29, 0.717) is 0 Å². The average molecular weight is 423 g/mol. The number of hydrogen-bond acceptors (Lipinski definition) is 3. The molecule has 0 aliphatic carbocycles. The van der Waals surface area contributed by atoms with E-state index in [4.69, 9.17) is 15.3 Å². The number of aliphatic carboxylic acids is 3. The third-order valence-electron chi connectivity index (χ3n) is 3.77. The predicted molar refractivity (Wildman–Crippen MR) is 121 cm³/mol. The van der Waals surface area contributed by atoms with E-state index >= 15 is 0 Å². The van der Waals surface area contributed by atoms with Gasteiger partial charge in [0.05, 0.1) is 12.8 Å². The van der Waals surface area contributed by atoms with Crippen molar-refractivity contribution in [2.24, 2.45) is 0 Å². The van der Waals surface area contributed by atoms with Gasteiger partial charge in [0.1, 0.15) is 0 Å².